The molecule has 0 aromatic carbocycles. The van der Waals surface area contributed by atoms with Crippen molar-refractivity contribution in [1.82, 2.24) is 0 Å². The summed E-state index contributed by atoms with van der Waals surface area (Å²) in [7, 11) is 0. The summed E-state index contributed by atoms with van der Waals surface area (Å²) in [6, 6.07) is 0. The van der Waals surface area contributed by atoms with Crippen molar-refractivity contribution in [3.63, 3.8) is 0 Å². The van der Waals surface area contributed by atoms with Crippen molar-refractivity contribution in [2.75, 3.05) is 0 Å². The molecule has 0 aliphatic carbocycles. The predicted molar refractivity (Wildman–Crippen MR) is 92.3 cm³/mol. The second-order valence-electron chi connectivity index (χ2n) is 6.20. The van der Waals surface area contributed by atoms with Crippen LogP contribution in [0, 0.1) is 12.3 Å². The van der Waals surface area contributed by atoms with Crippen LogP contribution in [0.1, 0.15) is 98.3 Å². The molecule has 0 rings (SSSR count). The van der Waals surface area contributed by atoms with E-state index in [9.17, 15) is 9.90 Å². The van der Waals surface area contributed by atoms with Crippen LogP contribution in [-0.2, 0) is 4.79 Å². The summed E-state index contributed by atoms with van der Waals surface area (Å²) < 4.78 is 0. The SMILES string of the molecule is C#CCC(C)(O)CCCCCC.CCCCCCC(C)=O. The van der Waals surface area contributed by atoms with Crippen LogP contribution in [0.5, 0.6) is 0 Å². The molecule has 0 fully saturated rings. The summed E-state index contributed by atoms with van der Waals surface area (Å²) in [6.07, 6.45) is 16.8. The van der Waals surface area contributed by atoms with Gasteiger partial charge in [0, 0.05) is 12.8 Å². The van der Waals surface area contributed by atoms with Crippen LogP contribution in [0.4, 0.5) is 0 Å². The number of aliphatic hydroxyl groups is 1. The number of unbranched alkanes of at least 4 members (excludes halogenated alkanes) is 6. The molecule has 2 nitrogen and oxygen atoms in total. The summed E-state index contributed by atoms with van der Waals surface area (Å²) in [4.78, 5) is 10.4. The molecule has 0 aromatic rings. The molecular formula is C19H36O2. The number of Topliss-reactive ketones (excluding diaryl/α,β-unsaturated/α-hetero) is 1. The molecule has 0 amide bonds. The van der Waals surface area contributed by atoms with Gasteiger partial charge in [0.25, 0.3) is 0 Å². The highest BCUT2D eigenvalue weighted by Gasteiger charge is 2.17. The van der Waals surface area contributed by atoms with E-state index in [4.69, 9.17) is 6.42 Å². The second-order valence-corrected chi connectivity index (χ2v) is 6.20. The van der Waals surface area contributed by atoms with Crippen molar-refractivity contribution >= 4 is 5.78 Å². The quantitative estimate of drug-likeness (QED) is 0.416. The minimum absolute atomic E-state index is 0.325. The number of hydrogen-bond donors (Lipinski definition) is 1. The van der Waals surface area contributed by atoms with E-state index in [-0.39, 0.29) is 0 Å². The Morgan fingerprint density at radius 3 is 2.00 bits per heavy atom. The Labute approximate surface area is 132 Å². The van der Waals surface area contributed by atoms with Crippen molar-refractivity contribution in [2.45, 2.75) is 104 Å². The van der Waals surface area contributed by atoms with Gasteiger partial charge in [-0.05, 0) is 26.7 Å². The first kappa shape index (κ1) is 22.5. The van der Waals surface area contributed by atoms with Crippen LogP contribution in [0.25, 0.3) is 0 Å². The Bertz CT molecular complexity index is 274. The molecule has 0 saturated carbocycles. The highest BCUT2D eigenvalue weighted by Crippen LogP contribution is 2.17. The van der Waals surface area contributed by atoms with E-state index >= 15 is 0 Å². The van der Waals surface area contributed by atoms with E-state index < -0.39 is 5.60 Å². The molecule has 21 heavy (non-hydrogen) atoms. The Kier molecular flexibility index (Phi) is 16.7. The monoisotopic (exact) mass is 296 g/mol. The molecule has 0 radical (unpaired) electrons. The van der Waals surface area contributed by atoms with Crippen LogP contribution in [0.3, 0.4) is 0 Å². The summed E-state index contributed by atoms with van der Waals surface area (Å²) in [5.74, 6) is 2.82. The van der Waals surface area contributed by atoms with Gasteiger partial charge in [0.15, 0.2) is 0 Å². The molecule has 0 aliphatic rings. The molecule has 2 heteroatoms. The summed E-state index contributed by atoms with van der Waals surface area (Å²) >= 11 is 0. The number of rotatable bonds is 11. The molecule has 0 bridgehead atoms. The lowest BCUT2D eigenvalue weighted by molar-refractivity contribution is -0.117. The fourth-order valence-electron chi connectivity index (χ4n) is 2.04. The minimum Gasteiger partial charge on any atom is -0.389 e. The van der Waals surface area contributed by atoms with Crippen molar-refractivity contribution in [1.29, 1.82) is 0 Å². The van der Waals surface area contributed by atoms with Crippen molar-refractivity contribution in [3.05, 3.63) is 0 Å². The van der Waals surface area contributed by atoms with E-state index in [1.165, 1.54) is 38.5 Å². The van der Waals surface area contributed by atoms with E-state index in [0.717, 1.165) is 25.7 Å². The molecular weight excluding hydrogens is 260 g/mol. The smallest absolute Gasteiger partial charge is 0.129 e. The average Bonchev–Trinajstić information content (AvgIpc) is 2.40. The average molecular weight is 296 g/mol. The first-order valence-corrected chi connectivity index (χ1v) is 8.54. The van der Waals surface area contributed by atoms with Crippen LogP contribution >= 0.6 is 0 Å². The first-order valence-electron chi connectivity index (χ1n) is 8.54. The van der Waals surface area contributed by atoms with Gasteiger partial charge in [-0.3, -0.25) is 0 Å². The maximum absolute atomic E-state index is 10.4. The zero-order valence-electron chi connectivity index (χ0n) is 14.7. The Morgan fingerprint density at radius 2 is 1.57 bits per heavy atom. The van der Waals surface area contributed by atoms with E-state index in [2.05, 4.69) is 19.8 Å². The highest BCUT2D eigenvalue weighted by molar-refractivity contribution is 5.75. The van der Waals surface area contributed by atoms with Gasteiger partial charge in [0.1, 0.15) is 5.78 Å². The number of carbonyl (C=O) groups excluding carboxylic acids is 1. The van der Waals surface area contributed by atoms with E-state index in [1.54, 1.807) is 6.92 Å². The van der Waals surface area contributed by atoms with Gasteiger partial charge in [-0.25, -0.2) is 0 Å². The molecule has 0 aliphatic heterocycles. The van der Waals surface area contributed by atoms with Gasteiger partial charge in [0.2, 0.25) is 0 Å². The Hall–Kier alpha value is -0.810. The first-order chi connectivity index (χ1) is 9.89. The molecule has 1 unspecified atom stereocenters. The van der Waals surface area contributed by atoms with Gasteiger partial charge >= 0.3 is 0 Å². The van der Waals surface area contributed by atoms with Gasteiger partial charge in [-0.15, -0.1) is 12.3 Å². The van der Waals surface area contributed by atoms with Crippen LogP contribution < -0.4 is 0 Å². The molecule has 1 atom stereocenters. The molecule has 1 N–H and O–H groups in total. The Balaban J connectivity index is 0. The maximum Gasteiger partial charge on any atom is 0.129 e. The third-order valence-corrected chi connectivity index (χ3v) is 3.43. The molecule has 0 saturated heterocycles. The summed E-state index contributed by atoms with van der Waals surface area (Å²) in [5.41, 5.74) is -0.636. The van der Waals surface area contributed by atoms with Crippen molar-refractivity contribution in [2.24, 2.45) is 0 Å². The normalized spacial score (nSPS) is 12.8. The fraction of sp³-hybridized carbons (Fsp3) is 0.842. The molecule has 124 valence electrons. The van der Waals surface area contributed by atoms with Crippen LogP contribution in [0.15, 0.2) is 0 Å². The van der Waals surface area contributed by atoms with Crippen molar-refractivity contribution < 1.29 is 9.90 Å². The lowest BCUT2D eigenvalue weighted by atomic mass is 9.95. The summed E-state index contributed by atoms with van der Waals surface area (Å²) in [5, 5.41) is 9.67. The third-order valence-electron chi connectivity index (χ3n) is 3.43. The standard InChI is InChI=1S/C11H20O.C8H16O/c1-4-6-7-8-10-11(3,12)9-5-2;1-3-4-5-6-7-8(2)9/h2,12H,4,6-10H2,1,3H3;3-7H2,1-2H3. The highest BCUT2D eigenvalue weighted by atomic mass is 16.3. The van der Waals surface area contributed by atoms with Crippen molar-refractivity contribution in [3.8, 4) is 12.3 Å². The Morgan fingerprint density at radius 1 is 1.05 bits per heavy atom. The van der Waals surface area contributed by atoms with Crippen LogP contribution in [-0.4, -0.2) is 16.5 Å². The zero-order valence-corrected chi connectivity index (χ0v) is 14.7. The second kappa shape index (κ2) is 15.6. The summed E-state index contributed by atoms with van der Waals surface area (Å²) in [6.45, 7) is 7.83. The fourth-order valence-corrected chi connectivity index (χ4v) is 2.04. The number of hydrogen-bond acceptors (Lipinski definition) is 2. The lowest BCUT2D eigenvalue weighted by Gasteiger charge is -2.19. The molecule has 0 heterocycles. The van der Waals surface area contributed by atoms with E-state index in [0.29, 0.717) is 12.2 Å². The van der Waals surface area contributed by atoms with Crippen LogP contribution in [0.2, 0.25) is 0 Å². The predicted octanol–water partition coefficient (Wildman–Crippen LogP) is 5.28. The number of terminal acetylenes is 1. The molecule has 0 aromatic heterocycles. The third kappa shape index (κ3) is 21.6. The number of ketones is 1. The minimum atomic E-state index is -0.636. The molecule has 0 spiro atoms. The van der Waals surface area contributed by atoms with Gasteiger partial charge in [0.05, 0.1) is 5.60 Å². The largest absolute Gasteiger partial charge is 0.389 e. The lowest BCUT2D eigenvalue weighted by Crippen LogP contribution is -2.22. The topological polar surface area (TPSA) is 37.3 Å². The number of carbonyl (C=O) groups is 1. The van der Waals surface area contributed by atoms with Gasteiger partial charge in [-0.1, -0.05) is 58.8 Å². The van der Waals surface area contributed by atoms with Gasteiger partial charge < -0.3 is 9.90 Å². The van der Waals surface area contributed by atoms with Gasteiger partial charge in [-0.2, -0.15) is 0 Å². The maximum atomic E-state index is 10.4. The van der Waals surface area contributed by atoms with E-state index in [1.807, 2.05) is 6.92 Å². The zero-order chi connectivity index (χ0) is 16.6.